The minimum atomic E-state index is -2.64. The maximum absolute atomic E-state index is 2.64. The van der Waals surface area contributed by atoms with Crippen LogP contribution in [0.3, 0.4) is 0 Å². The fraction of sp³-hybridized carbons (Fsp3) is 0.133. The van der Waals surface area contributed by atoms with Crippen LogP contribution in [-0.2, 0) is 0 Å². The van der Waals surface area contributed by atoms with Crippen LogP contribution >= 0.6 is 54.8 Å². The summed E-state index contributed by atoms with van der Waals surface area (Å²) in [7, 11) is -7.29. The molecule has 0 bridgehead atoms. The van der Waals surface area contributed by atoms with E-state index in [1.807, 2.05) is 0 Å². The molecule has 0 fully saturated rings. The average Bonchev–Trinajstić information content (AvgIpc) is 0.941. The Morgan fingerprint density at radius 1 is 0.178 bits per heavy atom. The monoisotopic (exact) mass is 1290 g/mol. The Bertz CT molecular complexity index is 3300. The Balaban J connectivity index is 1.15. The fourth-order valence-electron chi connectivity index (χ4n) is 13.3. The van der Waals surface area contributed by atoms with Gasteiger partial charge in [0.1, 0.15) is 0 Å². The van der Waals surface area contributed by atoms with Gasteiger partial charge in [0, 0.05) is 0 Å². The van der Waals surface area contributed by atoms with Gasteiger partial charge in [-0.2, -0.15) is 0 Å². The van der Waals surface area contributed by atoms with Gasteiger partial charge in [0.2, 0.25) is 0 Å². The van der Waals surface area contributed by atoms with Gasteiger partial charge in [-0.05, 0) is 0 Å². The molecule has 0 atom stereocenters. The van der Waals surface area contributed by atoms with Crippen LogP contribution in [0.25, 0.3) is 0 Å². The number of rotatable bonds is 29. The first-order chi connectivity index (χ1) is 44.6. The van der Waals surface area contributed by atoms with Gasteiger partial charge in [0.15, 0.2) is 0 Å². The first-order valence-corrected chi connectivity index (χ1v) is 43.8. The summed E-state index contributed by atoms with van der Waals surface area (Å²) < 4.78 is 0. The molecule has 0 spiro atoms. The Hall–Kier alpha value is -6.35. The number of benzene rings is 12. The minimum absolute atomic E-state index is 0.148. The summed E-state index contributed by atoms with van der Waals surface area (Å²) in [5.41, 5.74) is -0.148. The van der Waals surface area contributed by atoms with E-state index in [0.29, 0.717) is 0 Å². The van der Waals surface area contributed by atoms with Crippen molar-refractivity contribution in [1.82, 2.24) is 0 Å². The molecule has 0 aliphatic rings. The van der Waals surface area contributed by atoms with Crippen molar-refractivity contribution >= 4 is 118 Å². The van der Waals surface area contributed by atoms with Gasteiger partial charge in [-0.1, -0.05) is 0 Å². The zero-order valence-electron chi connectivity index (χ0n) is 51.4. The Labute approximate surface area is 545 Å². The van der Waals surface area contributed by atoms with Crippen LogP contribution in [0.4, 0.5) is 0 Å². The average molecular weight is 1300 g/mol. The van der Waals surface area contributed by atoms with E-state index >= 15 is 0 Å². The molecule has 0 amide bonds. The molecule has 0 radical (unpaired) electrons. The molecule has 0 aliphatic heterocycles. The second-order valence-electron chi connectivity index (χ2n) is 23.7. The van der Waals surface area contributed by atoms with Crippen molar-refractivity contribution in [3.8, 4) is 0 Å². The molecule has 7 heteroatoms. The third kappa shape index (κ3) is 17.0. The maximum atomic E-state index is 2.48. The molecule has 0 saturated carbocycles. The second kappa shape index (κ2) is 32.8. The Kier molecular flexibility index (Phi) is 23.2. The molecule has 0 N–H and O–H groups in total. The molecular weight excluding hydrogens is 1210 g/mol. The van der Waals surface area contributed by atoms with Gasteiger partial charge in [-0.3, -0.25) is 0 Å². The Morgan fingerprint density at radius 2 is 0.311 bits per heavy atom. The summed E-state index contributed by atoms with van der Waals surface area (Å²) in [6, 6.07) is 141. The molecule has 0 saturated heterocycles. The quantitative estimate of drug-likeness (QED) is 0.0410. The fourth-order valence-corrected chi connectivity index (χ4v) is 39.9. The molecule has 0 aromatic heterocycles. The number of hydrogen-bond acceptors (Lipinski definition) is 0. The van der Waals surface area contributed by atoms with Gasteiger partial charge in [-0.15, -0.1) is 0 Å². The van der Waals surface area contributed by atoms with E-state index in [4.69, 9.17) is 0 Å². The first-order valence-electron chi connectivity index (χ1n) is 31.8. The van der Waals surface area contributed by atoms with Gasteiger partial charge >= 0.3 is 549 Å². The van der Waals surface area contributed by atoms with Crippen LogP contribution in [0.2, 0.25) is 0 Å². The SMILES string of the molecule is c1ccc(P(CC[PH](CCP(c2ccccc2)c2ccccc2)(CCP(c2ccccc2)c2ccccc2)CC(CP(c2ccccc2)c2ccccc2)(CP(c2ccccc2)c2ccccc2)CP(c2ccccc2)c2ccccc2)c2ccccc2)cc1. The van der Waals surface area contributed by atoms with Crippen molar-refractivity contribution in [2.45, 2.75) is 0 Å². The zero-order chi connectivity index (χ0) is 60.9. The molecule has 12 rings (SSSR count). The molecule has 0 nitrogen and oxygen atoms in total. The molecule has 0 unspecified atom stereocenters. The van der Waals surface area contributed by atoms with Gasteiger partial charge in [0.25, 0.3) is 0 Å². The summed E-state index contributed by atoms with van der Waals surface area (Å²) in [5, 5.41) is 17.8. The standard InChI is InChI=1S/C83H81P7/c1-13-37-71(38-14-1)84(72-39-15-2-16-40-72)61-64-90(65-62-85(73-41-17-3-18-42-73)74-43-19-4-20-44-74,66-63-86(75-45-21-5-22-46-75)76-47-23-6-24-48-76)70-83(67-87(77-49-25-7-26-50-77)78-51-27-8-28-52-78,68-88(79-53-29-9-30-54-79)80-55-31-10-32-56-80)69-89(81-57-33-11-34-58-81)82-59-35-12-36-60-82/h1-60,90H,61-70H2. The molecule has 448 valence electrons. The summed E-state index contributed by atoms with van der Waals surface area (Å²) in [6.07, 6.45) is 11.8. The van der Waals surface area contributed by atoms with E-state index in [2.05, 4.69) is 364 Å². The first kappa shape index (κ1) is 63.8. The van der Waals surface area contributed by atoms with E-state index in [-0.39, 0.29) is 5.41 Å². The normalized spacial score (nSPS) is 12.1. The zero-order valence-corrected chi connectivity index (χ0v) is 57.8. The summed E-state index contributed by atoms with van der Waals surface area (Å²) in [6.45, 7) is 0. The van der Waals surface area contributed by atoms with Gasteiger partial charge in [-0.25, -0.2) is 0 Å². The molecule has 0 heterocycles. The van der Waals surface area contributed by atoms with Gasteiger partial charge < -0.3 is 0 Å². The van der Waals surface area contributed by atoms with Crippen molar-refractivity contribution in [1.29, 1.82) is 0 Å². The molecular formula is C83H81P7. The summed E-state index contributed by atoms with van der Waals surface area (Å²) in [4.78, 5) is 0. The second-order valence-corrected chi connectivity index (χ2v) is 42.1. The number of hydrogen-bond donors (Lipinski definition) is 0. The van der Waals surface area contributed by atoms with E-state index in [0.717, 1.165) is 18.5 Å². The van der Waals surface area contributed by atoms with E-state index < -0.39 is 54.8 Å². The molecule has 90 heavy (non-hydrogen) atoms. The van der Waals surface area contributed by atoms with Crippen LogP contribution in [0.5, 0.6) is 0 Å². The summed E-state index contributed by atoms with van der Waals surface area (Å²) >= 11 is 0. The van der Waals surface area contributed by atoms with Crippen LogP contribution in [0.15, 0.2) is 364 Å². The van der Waals surface area contributed by atoms with Crippen LogP contribution < -0.4 is 63.7 Å². The summed E-state index contributed by atoms with van der Waals surface area (Å²) in [5.74, 6) is 0. The van der Waals surface area contributed by atoms with Crippen LogP contribution in [-0.4, -0.2) is 61.6 Å². The van der Waals surface area contributed by atoms with Gasteiger partial charge in [0.05, 0.1) is 0 Å². The van der Waals surface area contributed by atoms with E-state index in [1.165, 1.54) is 107 Å². The van der Waals surface area contributed by atoms with Crippen molar-refractivity contribution < 1.29 is 0 Å². The topological polar surface area (TPSA) is 0 Å². The van der Waals surface area contributed by atoms with Crippen molar-refractivity contribution in [3.63, 3.8) is 0 Å². The predicted octanol–water partition coefficient (Wildman–Crippen LogP) is 16.5. The molecule has 12 aromatic rings. The third-order valence-electron chi connectivity index (χ3n) is 17.6. The van der Waals surface area contributed by atoms with Crippen molar-refractivity contribution in [2.75, 3.05) is 61.6 Å². The van der Waals surface area contributed by atoms with Crippen molar-refractivity contribution in [2.24, 2.45) is 5.41 Å². The third-order valence-corrected chi connectivity index (χ3v) is 40.4. The Morgan fingerprint density at radius 3 is 0.456 bits per heavy atom. The van der Waals surface area contributed by atoms with E-state index in [9.17, 15) is 0 Å². The van der Waals surface area contributed by atoms with Crippen LogP contribution in [0.1, 0.15) is 0 Å². The van der Waals surface area contributed by atoms with E-state index in [1.54, 1.807) is 0 Å². The molecule has 0 aliphatic carbocycles. The van der Waals surface area contributed by atoms with Crippen molar-refractivity contribution in [3.05, 3.63) is 364 Å². The molecule has 12 aromatic carbocycles. The predicted molar refractivity (Wildman–Crippen MR) is 414 cm³/mol. The van der Waals surface area contributed by atoms with Crippen LogP contribution in [0, 0.1) is 5.41 Å².